The van der Waals surface area contributed by atoms with Gasteiger partial charge in [0, 0.05) is 0 Å². The Hall–Kier alpha value is -1.34. The molecule has 0 saturated heterocycles. The SMILES string of the molecule is CC[C@H](C)[C@H](NS(=O)(=O)c1ccc(C)o1)C(=O)O. The van der Waals surface area contributed by atoms with Crippen LogP contribution in [0.25, 0.3) is 0 Å². The van der Waals surface area contributed by atoms with Gasteiger partial charge in [0.15, 0.2) is 0 Å². The summed E-state index contributed by atoms with van der Waals surface area (Å²) < 4.78 is 31.0. The Balaban J connectivity index is 2.96. The molecule has 0 aliphatic carbocycles. The number of hydrogen-bond acceptors (Lipinski definition) is 4. The first kappa shape index (κ1) is 14.7. The number of nitrogens with one attached hydrogen (secondary N) is 1. The molecule has 18 heavy (non-hydrogen) atoms. The minimum absolute atomic E-state index is 0.269. The Morgan fingerprint density at radius 3 is 2.50 bits per heavy atom. The van der Waals surface area contributed by atoms with Crippen LogP contribution in [0.4, 0.5) is 0 Å². The molecule has 7 heteroatoms. The molecule has 1 heterocycles. The van der Waals surface area contributed by atoms with E-state index in [1.54, 1.807) is 20.8 Å². The van der Waals surface area contributed by atoms with Gasteiger partial charge in [0.2, 0.25) is 5.09 Å². The zero-order chi connectivity index (χ0) is 13.9. The average molecular weight is 275 g/mol. The fourth-order valence-electron chi connectivity index (χ4n) is 1.43. The summed E-state index contributed by atoms with van der Waals surface area (Å²) in [5.74, 6) is -1.06. The minimum Gasteiger partial charge on any atom is -0.480 e. The molecular weight excluding hydrogens is 258 g/mol. The molecule has 0 amide bonds. The van der Waals surface area contributed by atoms with Crippen LogP contribution < -0.4 is 4.72 Å². The van der Waals surface area contributed by atoms with Crippen LogP contribution in [0.5, 0.6) is 0 Å². The van der Waals surface area contributed by atoms with Crippen molar-refractivity contribution in [1.82, 2.24) is 4.72 Å². The lowest BCUT2D eigenvalue weighted by Crippen LogP contribution is -2.44. The van der Waals surface area contributed by atoms with Gasteiger partial charge in [-0.25, -0.2) is 8.42 Å². The number of hydrogen-bond donors (Lipinski definition) is 2. The zero-order valence-corrected chi connectivity index (χ0v) is 11.3. The molecule has 0 radical (unpaired) electrons. The van der Waals surface area contributed by atoms with E-state index < -0.39 is 22.0 Å². The number of carboxylic acids is 1. The highest BCUT2D eigenvalue weighted by Crippen LogP contribution is 2.16. The fraction of sp³-hybridized carbons (Fsp3) is 0.545. The number of aliphatic carboxylic acids is 1. The second kappa shape index (κ2) is 5.53. The minimum atomic E-state index is -3.94. The first-order chi connectivity index (χ1) is 8.27. The number of carbonyl (C=O) groups is 1. The van der Waals surface area contributed by atoms with Crippen molar-refractivity contribution in [2.45, 2.75) is 38.3 Å². The van der Waals surface area contributed by atoms with Crippen molar-refractivity contribution in [2.24, 2.45) is 5.92 Å². The second-order valence-corrected chi connectivity index (χ2v) is 5.83. The number of furan rings is 1. The number of carboxylic acid groups (broad SMARTS) is 1. The van der Waals surface area contributed by atoms with Crippen molar-refractivity contribution in [1.29, 1.82) is 0 Å². The van der Waals surface area contributed by atoms with E-state index >= 15 is 0 Å². The third-order valence-electron chi connectivity index (χ3n) is 2.74. The third-order valence-corrected chi connectivity index (χ3v) is 4.06. The molecule has 0 aliphatic rings. The topological polar surface area (TPSA) is 96.6 Å². The summed E-state index contributed by atoms with van der Waals surface area (Å²) >= 11 is 0. The Morgan fingerprint density at radius 1 is 1.50 bits per heavy atom. The van der Waals surface area contributed by atoms with Gasteiger partial charge in [-0.15, -0.1) is 0 Å². The summed E-state index contributed by atoms with van der Waals surface area (Å²) in [6, 6.07) is 1.64. The smallest absolute Gasteiger partial charge is 0.322 e. The van der Waals surface area contributed by atoms with E-state index in [9.17, 15) is 13.2 Å². The van der Waals surface area contributed by atoms with E-state index in [-0.39, 0.29) is 11.0 Å². The van der Waals surface area contributed by atoms with Gasteiger partial charge in [-0.2, -0.15) is 4.72 Å². The average Bonchev–Trinajstić information content (AvgIpc) is 2.72. The maximum Gasteiger partial charge on any atom is 0.322 e. The third kappa shape index (κ3) is 3.33. The predicted octanol–water partition coefficient (Wildman–Crippen LogP) is 1.37. The maximum atomic E-state index is 11.9. The van der Waals surface area contributed by atoms with Crippen molar-refractivity contribution in [3.05, 3.63) is 17.9 Å². The van der Waals surface area contributed by atoms with Gasteiger partial charge in [0.05, 0.1) is 0 Å². The van der Waals surface area contributed by atoms with E-state index in [0.29, 0.717) is 12.2 Å². The Bertz CT molecular complexity index is 519. The molecular formula is C11H17NO5S. The lowest BCUT2D eigenvalue weighted by Gasteiger charge is -2.19. The highest BCUT2D eigenvalue weighted by molar-refractivity contribution is 7.89. The molecule has 1 aromatic rings. The van der Waals surface area contributed by atoms with E-state index in [2.05, 4.69) is 4.72 Å². The van der Waals surface area contributed by atoms with E-state index in [0.717, 1.165) is 0 Å². The van der Waals surface area contributed by atoms with Crippen LogP contribution in [0, 0.1) is 12.8 Å². The standard InChI is InChI=1S/C11H17NO5S/c1-4-7(2)10(11(13)14)12-18(15,16)9-6-5-8(3)17-9/h5-7,10,12H,4H2,1-3H3,(H,13,14)/t7-,10-/m0/s1. The monoisotopic (exact) mass is 275 g/mol. The highest BCUT2D eigenvalue weighted by Gasteiger charge is 2.30. The quantitative estimate of drug-likeness (QED) is 0.817. The van der Waals surface area contributed by atoms with Gasteiger partial charge < -0.3 is 9.52 Å². The molecule has 1 aromatic heterocycles. The van der Waals surface area contributed by atoms with Crippen LogP contribution in [-0.2, 0) is 14.8 Å². The number of rotatable bonds is 6. The van der Waals surface area contributed by atoms with Crippen LogP contribution in [0.15, 0.2) is 21.6 Å². The molecule has 6 nitrogen and oxygen atoms in total. The molecule has 2 N–H and O–H groups in total. The largest absolute Gasteiger partial charge is 0.480 e. The summed E-state index contributed by atoms with van der Waals surface area (Å²) in [6.07, 6.45) is 0.552. The van der Waals surface area contributed by atoms with Crippen molar-refractivity contribution in [3.63, 3.8) is 0 Å². The van der Waals surface area contributed by atoms with Gasteiger partial charge in [0.1, 0.15) is 11.8 Å². The molecule has 0 fully saturated rings. The van der Waals surface area contributed by atoms with Crippen LogP contribution in [0.1, 0.15) is 26.0 Å². The molecule has 102 valence electrons. The summed E-state index contributed by atoms with van der Waals surface area (Å²) in [5.41, 5.74) is 0. The summed E-state index contributed by atoms with van der Waals surface area (Å²) in [5, 5.41) is 8.76. The molecule has 0 unspecified atom stereocenters. The van der Waals surface area contributed by atoms with Crippen LogP contribution in [0.3, 0.4) is 0 Å². The molecule has 0 bridgehead atoms. The lowest BCUT2D eigenvalue weighted by molar-refractivity contribution is -0.140. The fourth-order valence-corrected chi connectivity index (χ4v) is 2.70. The summed E-state index contributed by atoms with van der Waals surface area (Å²) in [4.78, 5) is 11.1. The van der Waals surface area contributed by atoms with Crippen molar-refractivity contribution >= 4 is 16.0 Å². The summed E-state index contributed by atoms with van der Waals surface area (Å²) in [7, 11) is -3.94. The summed E-state index contributed by atoms with van der Waals surface area (Å²) in [6.45, 7) is 5.09. The lowest BCUT2D eigenvalue weighted by atomic mass is 10.0. The van der Waals surface area contributed by atoms with E-state index in [1.165, 1.54) is 12.1 Å². The first-order valence-corrected chi connectivity index (χ1v) is 7.07. The van der Waals surface area contributed by atoms with Gasteiger partial charge in [-0.3, -0.25) is 4.79 Å². The molecule has 2 atom stereocenters. The second-order valence-electron chi connectivity index (χ2n) is 4.19. The Morgan fingerprint density at radius 2 is 2.11 bits per heavy atom. The Kier molecular flexibility index (Phi) is 4.53. The first-order valence-electron chi connectivity index (χ1n) is 5.59. The van der Waals surface area contributed by atoms with Gasteiger partial charge in [0.25, 0.3) is 10.0 Å². The van der Waals surface area contributed by atoms with Gasteiger partial charge in [-0.1, -0.05) is 20.3 Å². The van der Waals surface area contributed by atoms with Crippen LogP contribution in [-0.4, -0.2) is 25.5 Å². The van der Waals surface area contributed by atoms with Gasteiger partial charge >= 0.3 is 5.97 Å². The maximum absolute atomic E-state index is 11.9. The van der Waals surface area contributed by atoms with E-state index in [1.807, 2.05) is 0 Å². The molecule has 0 aliphatic heterocycles. The van der Waals surface area contributed by atoms with Crippen molar-refractivity contribution in [3.8, 4) is 0 Å². The molecule has 0 saturated carbocycles. The van der Waals surface area contributed by atoms with Crippen molar-refractivity contribution in [2.75, 3.05) is 0 Å². The van der Waals surface area contributed by atoms with Crippen molar-refractivity contribution < 1.29 is 22.7 Å². The van der Waals surface area contributed by atoms with E-state index in [4.69, 9.17) is 9.52 Å². The Labute approximate surface area is 106 Å². The zero-order valence-electron chi connectivity index (χ0n) is 10.5. The van der Waals surface area contributed by atoms with Crippen LogP contribution >= 0.6 is 0 Å². The number of aryl methyl sites for hydroxylation is 1. The van der Waals surface area contributed by atoms with Gasteiger partial charge in [-0.05, 0) is 25.0 Å². The number of sulfonamides is 1. The highest BCUT2D eigenvalue weighted by atomic mass is 32.2. The van der Waals surface area contributed by atoms with Crippen LogP contribution in [0.2, 0.25) is 0 Å². The molecule has 1 rings (SSSR count). The predicted molar refractivity (Wildman–Crippen MR) is 64.6 cm³/mol. The molecule has 0 aromatic carbocycles. The molecule has 0 spiro atoms. The normalized spacial score (nSPS) is 15.3.